The molecule has 0 aliphatic heterocycles. The monoisotopic (exact) mass is 643 g/mol. The van der Waals surface area contributed by atoms with Gasteiger partial charge in [0, 0.05) is 5.92 Å². The lowest BCUT2D eigenvalue weighted by Crippen LogP contribution is -2.46. The van der Waals surface area contributed by atoms with Crippen LogP contribution in [-0.2, 0) is 9.53 Å². The van der Waals surface area contributed by atoms with Crippen LogP contribution >= 0.6 is 45.2 Å². The van der Waals surface area contributed by atoms with Crippen LogP contribution in [0.3, 0.4) is 0 Å². The van der Waals surface area contributed by atoms with Gasteiger partial charge in [0.05, 0.1) is 12.4 Å². The number of hydrogen-bond donors (Lipinski definition) is 2. The van der Waals surface area contributed by atoms with E-state index in [0.29, 0.717) is 0 Å². The smallest absolute Gasteiger partial charge is 0.407 e. The van der Waals surface area contributed by atoms with Gasteiger partial charge in [0.1, 0.15) is 14.0 Å². The fourth-order valence-electron chi connectivity index (χ4n) is 3.92. The van der Waals surface area contributed by atoms with Gasteiger partial charge in [0.15, 0.2) is 6.04 Å². The van der Waals surface area contributed by atoms with Crippen molar-refractivity contribution in [2.75, 3.05) is 6.61 Å². The predicted molar refractivity (Wildman–Crippen MR) is 132 cm³/mol. The number of nitrogens with zero attached hydrogens (tertiary/aromatic N) is 2. The molecule has 31 heavy (non-hydrogen) atoms. The normalized spacial score (nSPS) is 14.4. The van der Waals surface area contributed by atoms with Gasteiger partial charge >= 0.3 is 12.1 Å². The standard InChI is InChI=1S/C22H19I2N3O4/c1-12(27-11-25-19(23)20(27)24)18(21(28)29)26-22(30)31-10-17-15-8-4-2-6-13(15)14-7-3-5-9-16(14)17/h2-9,11-12,17-18H,10H2,1H3,(H,26,30)(H,28,29). The number of rotatable bonds is 6. The van der Waals surface area contributed by atoms with E-state index in [9.17, 15) is 14.7 Å². The summed E-state index contributed by atoms with van der Waals surface area (Å²) in [6, 6.07) is 14.4. The van der Waals surface area contributed by atoms with E-state index in [0.717, 1.165) is 29.7 Å². The second-order valence-electron chi connectivity index (χ2n) is 7.26. The molecule has 2 atom stereocenters. The SMILES string of the molecule is CC(C(NC(=O)OCC1c2ccccc2-c2ccccc21)C(=O)O)n1cnc(I)c1I. The first kappa shape index (κ1) is 22.1. The summed E-state index contributed by atoms with van der Waals surface area (Å²) >= 11 is 4.19. The van der Waals surface area contributed by atoms with Crippen molar-refractivity contribution in [3.63, 3.8) is 0 Å². The average Bonchev–Trinajstić information content (AvgIpc) is 3.27. The molecule has 0 spiro atoms. The Bertz CT molecular complexity index is 1100. The van der Waals surface area contributed by atoms with Crippen LogP contribution < -0.4 is 5.32 Å². The van der Waals surface area contributed by atoms with E-state index in [4.69, 9.17) is 4.74 Å². The molecule has 1 aliphatic rings. The molecule has 1 heterocycles. The second-order valence-corrected chi connectivity index (χ2v) is 9.30. The number of alkyl carbamates (subject to hydrolysis) is 1. The number of fused-ring (bicyclic) bond motifs is 3. The molecule has 7 nitrogen and oxygen atoms in total. The fourth-order valence-corrected chi connectivity index (χ4v) is 5.03. The van der Waals surface area contributed by atoms with E-state index in [1.165, 1.54) is 0 Å². The van der Waals surface area contributed by atoms with Crippen LogP contribution in [0.25, 0.3) is 11.1 Å². The lowest BCUT2D eigenvalue weighted by atomic mass is 9.98. The molecule has 160 valence electrons. The van der Waals surface area contributed by atoms with Gasteiger partial charge in [-0.2, -0.15) is 0 Å². The van der Waals surface area contributed by atoms with Crippen molar-refractivity contribution in [2.45, 2.75) is 24.9 Å². The molecule has 0 bridgehead atoms. The molecule has 0 radical (unpaired) electrons. The van der Waals surface area contributed by atoms with Crippen LogP contribution in [0.5, 0.6) is 0 Å². The summed E-state index contributed by atoms with van der Waals surface area (Å²) in [4.78, 5) is 28.6. The van der Waals surface area contributed by atoms with Crippen molar-refractivity contribution >= 4 is 57.2 Å². The van der Waals surface area contributed by atoms with Gasteiger partial charge in [-0.15, -0.1) is 0 Å². The van der Waals surface area contributed by atoms with Gasteiger partial charge < -0.3 is 19.7 Å². The molecule has 1 aliphatic carbocycles. The molecule has 0 fully saturated rings. The average molecular weight is 643 g/mol. The number of carboxylic acid groups (broad SMARTS) is 1. The molecule has 0 saturated carbocycles. The number of carbonyl (C=O) groups excluding carboxylic acids is 1. The number of amides is 1. The van der Waals surface area contributed by atoms with E-state index in [2.05, 4.69) is 67.6 Å². The maximum absolute atomic E-state index is 12.5. The van der Waals surface area contributed by atoms with Gasteiger partial charge in [-0.25, -0.2) is 14.6 Å². The molecule has 0 saturated heterocycles. The van der Waals surface area contributed by atoms with E-state index in [-0.39, 0.29) is 12.5 Å². The zero-order valence-electron chi connectivity index (χ0n) is 16.5. The van der Waals surface area contributed by atoms with Crippen LogP contribution in [-0.4, -0.2) is 39.4 Å². The third kappa shape index (κ3) is 4.29. The van der Waals surface area contributed by atoms with Crippen LogP contribution in [0, 0.1) is 7.40 Å². The highest BCUT2D eigenvalue weighted by atomic mass is 127. The van der Waals surface area contributed by atoms with E-state index < -0.39 is 24.1 Å². The number of nitrogens with one attached hydrogen (secondary N) is 1. The lowest BCUT2D eigenvalue weighted by molar-refractivity contribution is -0.140. The van der Waals surface area contributed by atoms with Crippen LogP contribution in [0.2, 0.25) is 0 Å². The van der Waals surface area contributed by atoms with Crippen molar-refractivity contribution in [1.29, 1.82) is 0 Å². The Morgan fingerprint density at radius 2 is 1.71 bits per heavy atom. The number of halogens is 2. The molecule has 2 N–H and O–H groups in total. The Kier molecular flexibility index (Phi) is 6.51. The third-order valence-corrected chi connectivity index (χ3v) is 8.39. The summed E-state index contributed by atoms with van der Waals surface area (Å²) in [5.74, 6) is -1.23. The summed E-state index contributed by atoms with van der Waals surface area (Å²) in [6.07, 6.45) is 0.815. The second kappa shape index (κ2) is 9.15. The molecular weight excluding hydrogens is 624 g/mol. The number of ether oxygens (including phenoxy) is 1. The summed E-state index contributed by atoms with van der Waals surface area (Å²) in [5.41, 5.74) is 4.46. The fraction of sp³-hybridized carbons (Fsp3) is 0.227. The van der Waals surface area contributed by atoms with Crippen molar-refractivity contribution in [1.82, 2.24) is 14.9 Å². The van der Waals surface area contributed by atoms with Crippen LogP contribution in [0.1, 0.15) is 30.0 Å². The number of imidazole rings is 1. The first-order valence-corrected chi connectivity index (χ1v) is 11.8. The van der Waals surface area contributed by atoms with E-state index in [1.54, 1.807) is 17.8 Å². The van der Waals surface area contributed by atoms with Crippen molar-refractivity contribution in [3.05, 3.63) is 73.4 Å². The number of carbonyl (C=O) groups is 2. The molecule has 9 heteroatoms. The predicted octanol–water partition coefficient (Wildman–Crippen LogP) is 4.65. The summed E-state index contributed by atoms with van der Waals surface area (Å²) in [5, 5.41) is 12.2. The Morgan fingerprint density at radius 3 is 2.23 bits per heavy atom. The van der Waals surface area contributed by atoms with Gasteiger partial charge in [-0.05, 0) is 74.4 Å². The highest BCUT2D eigenvalue weighted by Crippen LogP contribution is 2.44. The minimum atomic E-state index is -1.16. The van der Waals surface area contributed by atoms with Crippen LogP contribution in [0.15, 0.2) is 54.9 Å². The zero-order valence-corrected chi connectivity index (χ0v) is 20.8. The minimum absolute atomic E-state index is 0.0879. The zero-order chi connectivity index (χ0) is 22.1. The van der Waals surface area contributed by atoms with E-state index >= 15 is 0 Å². The van der Waals surface area contributed by atoms with Gasteiger partial charge in [0.2, 0.25) is 0 Å². The minimum Gasteiger partial charge on any atom is -0.480 e. The Hall–Kier alpha value is -2.15. The first-order chi connectivity index (χ1) is 14.9. The number of aliphatic carboxylic acids is 1. The Labute approximate surface area is 206 Å². The van der Waals surface area contributed by atoms with Crippen LogP contribution in [0.4, 0.5) is 4.79 Å². The number of hydrogen-bond acceptors (Lipinski definition) is 4. The largest absolute Gasteiger partial charge is 0.480 e. The lowest BCUT2D eigenvalue weighted by Gasteiger charge is -2.23. The van der Waals surface area contributed by atoms with Gasteiger partial charge in [-0.3, -0.25) is 0 Å². The first-order valence-electron chi connectivity index (χ1n) is 9.60. The van der Waals surface area contributed by atoms with Gasteiger partial charge in [0.25, 0.3) is 0 Å². The Balaban J connectivity index is 1.47. The number of benzene rings is 2. The van der Waals surface area contributed by atoms with Crippen molar-refractivity contribution < 1.29 is 19.4 Å². The quantitative estimate of drug-likeness (QED) is 0.382. The molecule has 3 aromatic rings. The maximum atomic E-state index is 12.5. The molecule has 1 amide bonds. The van der Waals surface area contributed by atoms with Crippen molar-refractivity contribution in [3.8, 4) is 11.1 Å². The molecule has 4 rings (SSSR count). The summed E-state index contributed by atoms with van der Waals surface area (Å²) < 4.78 is 8.81. The summed E-state index contributed by atoms with van der Waals surface area (Å²) in [7, 11) is 0. The number of aromatic nitrogens is 2. The highest BCUT2D eigenvalue weighted by Gasteiger charge is 2.32. The highest BCUT2D eigenvalue weighted by molar-refractivity contribution is 14.1. The summed E-state index contributed by atoms with van der Waals surface area (Å²) in [6.45, 7) is 1.85. The molecule has 2 unspecified atom stereocenters. The van der Waals surface area contributed by atoms with Gasteiger partial charge in [-0.1, -0.05) is 48.5 Å². The maximum Gasteiger partial charge on any atom is 0.407 e. The molecular formula is C22H19I2N3O4. The third-order valence-electron chi connectivity index (χ3n) is 5.50. The number of carboxylic acids is 1. The molecule has 1 aromatic heterocycles. The van der Waals surface area contributed by atoms with E-state index in [1.807, 2.05) is 36.4 Å². The van der Waals surface area contributed by atoms with Crippen molar-refractivity contribution in [2.24, 2.45) is 0 Å². The topological polar surface area (TPSA) is 93.5 Å². The molecule has 2 aromatic carbocycles. The Morgan fingerprint density at radius 1 is 1.13 bits per heavy atom.